The maximum Gasteiger partial charge on any atom is 0.234 e. The van der Waals surface area contributed by atoms with Gasteiger partial charge in [0.05, 0.1) is 15.8 Å². The number of thioether (sulfide) groups is 1. The van der Waals surface area contributed by atoms with E-state index in [4.69, 9.17) is 46.4 Å². The number of hydrogen-bond acceptors (Lipinski definition) is 4. The topological polar surface area (TPSA) is 59.8 Å². The van der Waals surface area contributed by atoms with Crippen molar-refractivity contribution in [3.63, 3.8) is 0 Å². The maximum atomic E-state index is 12.3. The van der Waals surface area contributed by atoms with Crippen molar-refractivity contribution < 1.29 is 4.79 Å². The molecule has 0 unspecified atom stereocenters. The van der Waals surface area contributed by atoms with Gasteiger partial charge < -0.3 is 5.32 Å². The Morgan fingerprint density at radius 1 is 1.07 bits per heavy atom. The predicted molar refractivity (Wildman–Crippen MR) is 121 cm³/mol. The van der Waals surface area contributed by atoms with Crippen LogP contribution in [0.3, 0.4) is 0 Å². The second-order valence-corrected chi connectivity index (χ2v) is 8.46. The van der Waals surface area contributed by atoms with E-state index in [2.05, 4.69) is 22.1 Å². The number of aromatic nitrogens is 3. The lowest BCUT2D eigenvalue weighted by Gasteiger charge is -2.09. The van der Waals surface area contributed by atoms with Crippen LogP contribution in [0.2, 0.25) is 20.1 Å². The zero-order valence-corrected chi connectivity index (χ0v) is 18.7. The van der Waals surface area contributed by atoms with Gasteiger partial charge in [-0.15, -0.1) is 16.8 Å². The fourth-order valence-corrected chi connectivity index (χ4v) is 4.06. The fraction of sp³-hybridized carbons (Fsp3) is 0.105. The number of nitrogens with zero attached hydrogens (tertiary/aromatic N) is 3. The molecule has 1 amide bonds. The van der Waals surface area contributed by atoms with Crippen molar-refractivity contribution in [1.29, 1.82) is 0 Å². The lowest BCUT2D eigenvalue weighted by molar-refractivity contribution is -0.113. The van der Waals surface area contributed by atoms with Gasteiger partial charge in [-0.2, -0.15) is 0 Å². The third kappa shape index (κ3) is 5.68. The highest BCUT2D eigenvalue weighted by atomic mass is 35.5. The molecule has 0 spiro atoms. The Balaban J connectivity index is 1.75. The molecule has 0 aliphatic heterocycles. The minimum absolute atomic E-state index is 0.126. The lowest BCUT2D eigenvalue weighted by Crippen LogP contribution is -2.14. The van der Waals surface area contributed by atoms with Crippen molar-refractivity contribution in [3.05, 3.63) is 69.1 Å². The van der Waals surface area contributed by atoms with Crippen LogP contribution in [0.1, 0.15) is 0 Å². The highest BCUT2D eigenvalue weighted by molar-refractivity contribution is 7.99. The first-order chi connectivity index (χ1) is 13.9. The van der Waals surface area contributed by atoms with E-state index in [1.807, 2.05) is 10.6 Å². The number of carbonyl (C=O) groups excluding carboxylic acids is 1. The normalized spacial score (nSPS) is 10.8. The van der Waals surface area contributed by atoms with Gasteiger partial charge in [-0.3, -0.25) is 9.36 Å². The first kappa shape index (κ1) is 22.0. The molecule has 1 N–H and O–H groups in total. The molecular formula is C19H14Cl4N4OS. The van der Waals surface area contributed by atoms with Gasteiger partial charge in [-0.1, -0.05) is 64.2 Å². The van der Waals surface area contributed by atoms with E-state index in [0.717, 1.165) is 5.56 Å². The molecule has 0 fully saturated rings. The van der Waals surface area contributed by atoms with Crippen molar-refractivity contribution in [1.82, 2.24) is 14.8 Å². The van der Waals surface area contributed by atoms with Crippen LogP contribution in [0, 0.1) is 0 Å². The molecule has 0 saturated heterocycles. The number of amides is 1. The molecule has 1 heterocycles. The molecule has 0 radical (unpaired) electrons. The summed E-state index contributed by atoms with van der Waals surface area (Å²) < 4.78 is 1.85. The summed E-state index contributed by atoms with van der Waals surface area (Å²) in [5, 5.41) is 13.5. The molecular weight excluding hydrogens is 474 g/mol. The number of allylic oxidation sites excluding steroid dienone is 1. The van der Waals surface area contributed by atoms with E-state index >= 15 is 0 Å². The smallest absolute Gasteiger partial charge is 0.234 e. The first-order valence-corrected chi connectivity index (χ1v) is 10.8. The van der Waals surface area contributed by atoms with Crippen molar-refractivity contribution >= 4 is 69.8 Å². The summed E-state index contributed by atoms with van der Waals surface area (Å²) in [6, 6.07) is 10.1. The SMILES string of the molecule is C=CCn1c(SCC(=O)Nc2cc(Cl)cc(Cl)c2)nnc1-c1ccc(Cl)c(Cl)c1. The molecule has 2 aromatic carbocycles. The van der Waals surface area contributed by atoms with Crippen molar-refractivity contribution in [3.8, 4) is 11.4 Å². The number of nitrogens with one attached hydrogen (secondary N) is 1. The van der Waals surface area contributed by atoms with Gasteiger partial charge in [0.15, 0.2) is 11.0 Å². The quantitative estimate of drug-likeness (QED) is 0.306. The van der Waals surface area contributed by atoms with Gasteiger partial charge in [0.2, 0.25) is 5.91 Å². The van der Waals surface area contributed by atoms with Gasteiger partial charge >= 0.3 is 0 Å². The fourth-order valence-electron chi connectivity index (χ4n) is 2.49. The van der Waals surface area contributed by atoms with Crippen LogP contribution in [0.5, 0.6) is 0 Å². The predicted octanol–water partition coefficient (Wildman–Crippen LogP) is 6.48. The zero-order valence-electron chi connectivity index (χ0n) is 14.8. The van der Waals surface area contributed by atoms with Gasteiger partial charge in [0, 0.05) is 27.8 Å². The van der Waals surface area contributed by atoms with Gasteiger partial charge in [-0.05, 0) is 36.4 Å². The average Bonchev–Trinajstić information content (AvgIpc) is 3.04. The van der Waals surface area contributed by atoms with Crippen LogP contribution in [0.4, 0.5) is 5.69 Å². The second kappa shape index (κ2) is 9.87. The standard InChI is InChI=1S/C19H14Cl4N4OS/c1-2-5-27-18(11-3-4-15(22)16(23)6-11)25-26-19(27)29-10-17(28)24-14-8-12(20)7-13(21)9-14/h2-4,6-9H,1,5,10H2,(H,24,28). The molecule has 10 heteroatoms. The van der Waals surface area contributed by atoms with Gasteiger partial charge in [0.25, 0.3) is 0 Å². The third-order valence-corrected chi connectivity index (χ3v) is 5.83. The van der Waals surface area contributed by atoms with E-state index < -0.39 is 0 Å². The summed E-state index contributed by atoms with van der Waals surface area (Å²) in [4.78, 5) is 12.3. The minimum atomic E-state index is -0.224. The molecule has 3 aromatic rings. The summed E-state index contributed by atoms with van der Waals surface area (Å²) in [5.41, 5.74) is 1.29. The molecule has 3 rings (SSSR count). The monoisotopic (exact) mass is 486 g/mol. The number of halogens is 4. The van der Waals surface area contributed by atoms with E-state index in [1.165, 1.54) is 11.8 Å². The van der Waals surface area contributed by atoms with E-state index in [0.29, 0.717) is 43.3 Å². The third-order valence-electron chi connectivity index (χ3n) is 3.68. The van der Waals surface area contributed by atoms with Crippen LogP contribution in [-0.2, 0) is 11.3 Å². The van der Waals surface area contributed by atoms with Crippen LogP contribution in [0.15, 0.2) is 54.2 Å². The Morgan fingerprint density at radius 3 is 2.45 bits per heavy atom. The summed E-state index contributed by atoms with van der Waals surface area (Å²) in [7, 11) is 0. The van der Waals surface area contributed by atoms with Gasteiger partial charge in [0.1, 0.15) is 0 Å². The Bertz CT molecular complexity index is 1050. The van der Waals surface area contributed by atoms with Crippen molar-refractivity contribution in [2.24, 2.45) is 0 Å². The largest absolute Gasteiger partial charge is 0.325 e. The molecule has 0 atom stereocenters. The molecule has 29 heavy (non-hydrogen) atoms. The first-order valence-electron chi connectivity index (χ1n) is 8.25. The molecule has 0 bridgehead atoms. The van der Waals surface area contributed by atoms with E-state index in [-0.39, 0.29) is 11.7 Å². The minimum Gasteiger partial charge on any atom is -0.325 e. The number of carbonyl (C=O) groups is 1. The van der Waals surface area contributed by atoms with Crippen LogP contribution >= 0.6 is 58.2 Å². The number of rotatable bonds is 7. The van der Waals surface area contributed by atoms with Crippen molar-refractivity contribution in [2.75, 3.05) is 11.1 Å². The summed E-state index contributed by atoms with van der Waals surface area (Å²) >= 11 is 25.3. The molecule has 150 valence electrons. The second-order valence-electron chi connectivity index (χ2n) is 5.83. The lowest BCUT2D eigenvalue weighted by atomic mass is 10.2. The van der Waals surface area contributed by atoms with E-state index in [9.17, 15) is 4.79 Å². The average molecular weight is 488 g/mol. The van der Waals surface area contributed by atoms with Crippen LogP contribution in [0.25, 0.3) is 11.4 Å². The van der Waals surface area contributed by atoms with E-state index in [1.54, 1.807) is 36.4 Å². The number of hydrogen-bond donors (Lipinski definition) is 1. The Morgan fingerprint density at radius 2 is 1.79 bits per heavy atom. The Kier molecular flexibility index (Phi) is 7.49. The maximum absolute atomic E-state index is 12.3. The summed E-state index contributed by atoms with van der Waals surface area (Å²) in [5.74, 6) is 0.506. The summed E-state index contributed by atoms with van der Waals surface area (Å²) in [6.07, 6.45) is 1.72. The number of benzene rings is 2. The molecule has 1 aromatic heterocycles. The molecule has 0 aliphatic rings. The Hall–Kier alpha value is -1.70. The van der Waals surface area contributed by atoms with Crippen LogP contribution in [-0.4, -0.2) is 26.4 Å². The Labute approximate surface area is 192 Å². The summed E-state index contributed by atoms with van der Waals surface area (Å²) in [6.45, 7) is 4.24. The van der Waals surface area contributed by atoms with Crippen LogP contribution < -0.4 is 5.32 Å². The zero-order chi connectivity index (χ0) is 21.0. The van der Waals surface area contributed by atoms with Crippen molar-refractivity contribution in [2.45, 2.75) is 11.7 Å². The number of anilines is 1. The van der Waals surface area contributed by atoms with Gasteiger partial charge in [-0.25, -0.2) is 0 Å². The molecule has 0 saturated carbocycles. The molecule has 0 aliphatic carbocycles. The highest BCUT2D eigenvalue weighted by Crippen LogP contribution is 2.30. The highest BCUT2D eigenvalue weighted by Gasteiger charge is 2.16. The molecule has 5 nitrogen and oxygen atoms in total.